The first-order valence-corrected chi connectivity index (χ1v) is 6.20. The zero-order chi connectivity index (χ0) is 15.6. The van der Waals surface area contributed by atoms with Crippen molar-refractivity contribution in [3.8, 4) is 5.88 Å². The second-order valence-corrected chi connectivity index (χ2v) is 4.56. The Balaban J connectivity index is 2.45. The standard InChI is InChI=1S/C13H11N3O4S/c1-16-11(18)9(10(17)15-13(16)21)6-14-8-4-2-3-7(5-8)12(19)20/h2-6,18H,1H3,(H,19,20)(H,15,17,21). The van der Waals surface area contributed by atoms with Crippen LogP contribution in [0.3, 0.4) is 0 Å². The van der Waals surface area contributed by atoms with Gasteiger partial charge in [-0.15, -0.1) is 0 Å². The van der Waals surface area contributed by atoms with E-state index < -0.39 is 11.5 Å². The lowest BCUT2D eigenvalue weighted by molar-refractivity contribution is 0.0697. The van der Waals surface area contributed by atoms with Gasteiger partial charge in [0, 0.05) is 13.3 Å². The van der Waals surface area contributed by atoms with Crippen molar-refractivity contribution in [2.75, 3.05) is 0 Å². The second kappa shape index (κ2) is 5.71. The van der Waals surface area contributed by atoms with Gasteiger partial charge in [-0.3, -0.25) is 19.3 Å². The molecule has 1 heterocycles. The molecular weight excluding hydrogens is 294 g/mol. The highest BCUT2D eigenvalue weighted by molar-refractivity contribution is 7.71. The number of aliphatic imine (C=N–C) groups is 1. The molecule has 0 saturated heterocycles. The number of carboxylic acids is 1. The van der Waals surface area contributed by atoms with E-state index in [0.29, 0.717) is 5.69 Å². The average molecular weight is 305 g/mol. The van der Waals surface area contributed by atoms with E-state index in [2.05, 4.69) is 9.98 Å². The van der Waals surface area contributed by atoms with E-state index in [1.165, 1.54) is 29.8 Å². The number of hydrogen-bond donors (Lipinski definition) is 3. The molecule has 0 bridgehead atoms. The number of aromatic hydroxyl groups is 1. The summed E-state index contributed by atoms with van der Waals surface area (Å²) in [5.74, 6) is -1.39. The van der Waals surface area contributed by atoms with Gasteiger partial charge in [0.1, 0.15) is 5.56 Å². The van der Waals surface area contributed by atoms with Crippen LogP contribution in [0.2, 0.25) is 0 Å². The average Bonchev–Trinajstić information content (AvgIpc) is 2.45. The minimum Gasteiger partial charge on any atom is -0.494 e. The van der Waals surface area contributed by atoms with Crippen molar-refractivity contribution >= 4 is 30.1 Å². The first-order valence-electron chi connectivity index (χ1n) is 5.80. The van der Waals surface area contributed by atoms with E-state index in [-0.39, 0.29) is 21.8 Å². The van der Waals surface area contributed by atoms with Gasteiger partial charge in [-0.25, -0.2) is 4.79 Å². The summed E-state index contributed by atoms with van der Waals surface area (Å²) in [5.41, 5.74) is -0.214. The highest BCUT2D eigenvalue weighted by Gasteiger charge is 2.08. The monoisotopic (exact) mass is 305 g/mol. The summed E-state index contributed by atoms with van der Waals surface area (Å²) in [6, 6.07) is 5.89. The zero-order valence-electron chi connectivity index (χ0n) is 10.9. The molecule has 0 amide bonds. The van der Waals surface area contributed by atoms with Crippen LogP contribution in [0.4, 0.5) is 5.69 Å². The van der Waals surface area contributed by atoms with Gasteiger partial charge in [-0.1, -0.05) is 6.07 Å². The topological polar surface area (TPSA) is 108 Å². The SMILES string of the molecule is Cn1c(O)c(C=Nc2cccc(C(=O)O)c2)c(=O)[nH]c1=S. The first kappa shape index (κ1) is 14.7. The second-order valence-electron chi connectivity index (χ2n) is 4.17. The summed E-state index contributed by atoms with van der Waals surface area (Å²) < 4.78 is 1.31. The van der Waals surface area contributed by atoms with Crippen molar-refractivity contribution in [2.45, 2.75) is 0 Å². The van der Waals surface area contributed by atoms with Crippen molar-refractivity contribution in [2.24, 2.45) is 12.0 Å². The summed E-state index contributed by atoms with van der Waals surface area (Å²) >= 11 is 4.85. The van der Waals surface area contributed by atoms with Crippen LogP contribution in [0.5, 0.6) is 5.88 Å². The van der Waals surface area contributed by atoms with Crippen LogP contribution in [0.15, 0.2) is 34.1 Å². The molecule has 21 heavy (non-hydrogen) atoms. The quantitative estimate of drug-likeness (QED) is 0.589. The molecule has 0 aliphatic carbocycles. The lowest BCUT2D eigenvalue weighted by Crippen LogP contribution is -2.17. The molecule has 1 aromatic heterocycles. The van der Waals surface area contributed by atoms with Gasteiger partial charge in [0.25, 0.3) is 5.56 Å². The largest absolute Gasteiger partial charge is 0.494 e. The van der Waals surface area contributed by atoms with E-state index in [9.17, 15) is 14.7 Å². The fraction of sp³-hybridized carbons (Fsp3) is 0.0769. The third-order valence-electron chi connectivity index (χ3n) is 2.76. The van der Waals surface area contributed by atoms with Gasteiger partial charge in [0.15, 0.2) is 4.77 Å². The number of aromatic nitrogens is 2. The molecular formula is C13H11N3O4S. The number of carbonyl (C=O) groups is 1. The number of carboxylic acid groups (broad SMARTS) is 1. The molecule has 0 fully saturated rings. The Labute approximate surface area is 123 Å². The third-order valence-corrected chi connectivity index (χ3v) is 3.14. The van der Waals surface area contributed by atoms with Crippen molar-refractivity contribution < 1.29 is 15.0 Å². The van der Waals surface area contributed by atoms with Crippen LogP contribution in [0, 0.1) is 4.77 Å². The molecule has 0 atom stereocenters. The van der Waals surface area contributed by atoms with E-state index >= 15 is 0 Å². The molecule has 0 aliphatic heterocycles. The Bertz CT molecular complexity index is 851. The number of rotatable bonds is 3. The Kier molecular flexibility index (Phi) is 3.99. The summed E-state index contributed by atoms with van der Waals surface area (Å²) in [6.07, 6.45) is 1.16. The van der Waals surface area contributed by atoms with Gasteiger partial charge < -0.3 is 10.2 Å². The molecule has 0 unspecified atom stereocenters. The number of hydrogen-bond acceptors (Lipinski definition) is 5. The van der Waals surface area contributed by atoms with Crippen LogP contribution >= 0.6 is 12.2 Å². The molecule has 108 valence electrons. The maximum atomic E-state index is 11.7. The summed E-state index contributed by atoms with van der Waals surface area (Å²) in [5, 5.41) is 18.8. The zero-order valence-corrected chi connectivity index (χ0v) is 11.7. The highest BCUT2D eigenvalue weighted by Crippen LogP contribution is 2.15. The van der Waals surface area contributed by atoms with Gasteiger partial charge in [0.05, 0.1) is 11.3 Å². The van der Waals surface area contributed by atoms with Crippen molar-refractivity contribution in [3.63, 3.8) is 0 Å². The molecule has 1 aromatic carbocycles. The minimum absolute atomic E-state index is 0.0631. The molecule has 2 rings (SSSR count). The first-order chi connectivity index (χ1) is 9.90. The van der Waals surface area contributed by atoms with Crippen LogP contribution < -0.4 is 5.56 Å². The molecule has 0 spiro atoms. The third kappa shape index (κ3) is 3.06. The minimum atomic E-state index is -1.07. The Hall–Kier alpha value is -2.74. The lowest BCUT2D eigenvalue weighted by atomic mass is 10.2. The van der Waals surface area contributed by atoms with E-state index in [4.69, 9.17) is 17.3 Å². The molecule has 0 aliphatic rings. The Morgan fingerprint density at radius 2 is 2.19 bits per heavy atom. The maximum absolute atomic E-state index is 11.7. The van der Waals surface area contributed by atoms with E-state index in [0.717, 1.165) is 6.21 Å². The van der Waals surface area contributed by atoms with Gasteiger partial charge >= 0.3 is 5.97 Å². The van der Waals surface area contributed by atoms with E-state index in [1.807, 2.05) is 0 Å². The summed E-state index contributed by atoms with van der Waals surface area (Å²) in [7, 11) is 1.50. The van der Waals surface area contributed by atoms with Crippen molar-refractivity contribution in [3.05, 3.63) is 50.5 Å². The molecule has 2 aromatic rings. The Morgan fingerprint density at radius 3 is 2.86 bits per heavy atom. The smallest absolute Gasteiger partial charge is 0.335 e. The maximum Gasteiger partial charge on any atom is 0.335 e. The van der Waals surface area contributed by atoms with Crippen molar-refractivity contribution in [1.82, 2.24) is 9.55 Å². The normalized spacial score (nSPS) is 10.9. The van der Waals surface area contributed by atoms with Crippen LogP contribution in [0.25, 0.3) is 0 Å². The van der Waals surface area contributed by atoms with Crippen LogP contribution in [-0.2, 0) is 7.05 Å². The summed E-state index contributed by atoms with van der Waals surface area (Å²) in [6.45, 7) is 0. The fourth-order valence-electron chi connectivity index (χ4n) is 1.60. The molecule has 8 heteroatoms. The van der Waals surface area contributed by atoms with Gasteiger partial charge in [-0.05, 0) is 30.4 Å². The number of benzene rings is 1. The predicted molar refractivity (Wildman–Crippen MR) is 79.2 cm³/mol. The molecule has 7 nitrogen and oxygen atoms in total. The number of nitrogens with one attached hydrogen (secondary N) is 1. The van der Waals surface area contributed by atoms with Crippen molar-refractivity contribution in [1.29, 1.82) is 0 Å². The number of aromatic carboxylic acids is 1. The van der Waals surface area contributed by atoms with Gasteiger partial charge in [0.2, 0.25) is 5.88 Å². The number of nitrogens with zero attached hydrogens (tertiary/aromatic N) is 2. The van der Waals surface area contributed by atoms with Gasteiger partial charge in [-0.2, -0.15) is 0 Å². The molecule has 3 N–H and O–H groups in total. The predicted octanol–water partition coefficient (Wildman–Crippen LogP) is 1.60. The molecule has 0 saturated carbocycles. The Morgan fingerprint density at radius 1 is 1.48 bits per heavy atom. The van der Waals surface area contributed by atoms with Crippen LogP contribution in [0.1, 0.15) is 15.9 Å². The number of aromatic amines is 1. The lowest BCUT2D eigenvalue weighted by Gasteiger charge is -2.04. The molecule has 0 radical (unpaired) electrons. The van der Waals surface area contributed by atoms with E-state index in [1.54, 1.807) is 6.07 Å². The fourth-order valence-corrected chi connectivity index (χ4v) is 1.78. The summed E-state index contributed by atoms with van der Waals surface area (Å²) in [4.78, 5) is 29.0. The number of H-pyrrole nitrogens is 1. The van der Waals surface area contributed by atoms with Crippen LogP contribution in [-0.4, -0.2) is 31.9 Å². The highest BCUT2D eigenvalue weighted by atomic mass is 32.1.